The van der Waals surface area contributed by atoms with Gasteiger partial charge in [0.15, 0.2) is 11.5 Å². The lowest BCUT2D eigenvalue weighted by molar-refractivity contribution is 0.459. The SMILES string of the molecule is Cc1cc(N=Nc2c(O)[nH]c3ccc(Br)cc23)nc2ccccc12. The first-order valence-electron chi connectivity index (χ1n) is 7.40. The van der Waals surface area contributed by atoms with Crippen LogP contribution in [0, 0.1) is 6.92 Å². The number of aromatic hydroxyl groups is 1. The summed E-state index contributed by atoms with van der Waals surface area (Å²) in [5, 5.41) is 20.4. The van der Waals surface area contributed by atoms with E-state index in [0.717, 1.165) is 31.8 Å². The largest absolute Gasteiger partial charge is 0.493 e. The Morgan fingerprint density at radius 3 is 2.75 bits per heavy atom. The number of nitrogens with zero attached hydrogens (tertiary/aromatic N) is 3. The maximum Gasteiger partial charge on any atom is 0.218 e. The fourth-order valence-corrected chi connectivity index (χ4v) is 3.08. The number of H-pyrrole nitrogens is 1. The van der Waals surface area contributed by atoms with Crippen LogP contribution in [0.15, 0.2) is 63.2 Å². The molecule has 0 aliphatic rings. The summed E-state index contributed by atoms with van der Waals surface area (Å²) in [6, 6.07) is 15.4. The van der Waals surface area contributed by atoms with Crippen LogP contribution >= 0.6 is 15.9 Å². The Morgan fingerprint density at radius 2 is 1.88 bits per heavy atom. The van der Waals surface area contributed by atoms with Gasteiger partial charge in [0.1, 0.15) is 0 Å². The van der Waals surface area contributed by atoms with E-state index < -0.39 is 0 Å². The van der Waals surface area contributed by atoms with E-state index >= 15 is 0 Å². The molecule has 24 heavy (non-hydrogen) atoms. The second kappa shape index (κ2) is 5.72. The Balaban J connectivity index is 1.81. The molecule has 0 radical (unpaired) electrons. The molecule has 0 aliphatic heterocycles. The number of benzene rings is 2. The van der Waals surface area contributed by atoms with Gasteiger partial charge in [-0.25, -0.2) is 4.98 Å². The number of rotatable bonds is 2. The normalized spacial score (nSPS) is 11.8. The Labute approximate surface area is 146 Å². The van der Waals surface area contributed by atoms with Gasteiger partial charge >= 0.3 is 0 Å². The van der Waals surface area contributed by atoms with Crippen molar-refractivity contribution in [3.05, 3.63) is 58.6 Å². The first kappa shape index (κ1) is 14.8. The number of fused-ring (bicyclic) bond motifs is 2. The summed E-state index contributed by atoms with van der Waals surface area (Å²) >= 11 is 3.43. The molecule has 2 aromatic carbocycles. The average molecular weight is 381 g/mol. The summed E-state index contributed by atoms with van der Waals surface area (Å²) in [5.41, 5.74) is 3.16. The van der Waals surface area contributed by atoms with Gasteiger partial charge in [-0.2, -0.15) is 0 Å². The number of para-hydroxylation sites is 1. The van der Waals surface area contributed by atoms with Gasteiger partial charge in [-0.3, -0.25) is 0 Å². The van der Waals surface area contributed by atoms with E-state index in [4.69, 9.17) is 0 Å². The molecule has 0 amide bonds. The van der Waals surface area contributed by atoms with Crippen molar-refractivity contribution in [1.29, 1.82) is 0 Å². The number of hydrogen-bond donors (Lipinski definition) is 2. The smallest absolute Gasteiger partial charge is 0.218 e. The number of azo groups is 1. The zero-order chi connectivity index (χ0) is 16.7. The van der Waals surface area contributed by atoms with E-state index in [0.29, 0.717) is 11.5 Å². The van der Waals surface area contributed by atoms with Crippen molar-refractivity contribution in [3.63, 3.8) is 0 Å². The Bertz CT molecular complexity index is 1100. The fourth-order valence-electron chi connectivity index (χ4n) is 2.72. The number of pyridine rings is 1. The minimum atomic E-state index is -0.00985. The summed E-state index contributed by atoms with van der Waals surface area (Å²) < 4.78 is 0.908. The third kappa shape index (κ3) is 2.55. The van der Waals surface area contributed by atoms with Crippen molar-refractivity contribution < 1.29 is 5.11 Å². The van der Waals surface area contributed by atoms with E-state index in [2.05, 4.69) is 36.1 Å². The van der Waals surface area contributed by atoms with Crippen molar-refractivity contribution >= 4 is 49.2 Å². The molecule has 0 saturated heterocycles. The summed E-state index contributed by atoms with van der Waals surface area (Å²) in [5.74, 6) is 0.499. The third-order valence-corrected chi connectivity index (χ3v) is 4.37. The van der Waals surface area contributed by atoms with E-state index in [9.17, 15) is 5.11 Å². The number of aromatic nitrogens is 2. The molecule has 4 aromatic rings. The zero-order valence-electron chi connectivity index (χ0n) is 12.8. The van der Waals surface area contributed by atoms with E-state index in [1.165, 1.54) is 0 Å². The minimum Gasteiger partial charge on any atom is -0.493 e. The van der Waals surface area contributed by atoms with Crippen molar-refractivity contribution in [2.75, 3.05) is 0 Å². The monoisotopic (exact) mass is 380 g/mol. The van der Waals surface area contributed by atoms with Crippen molar-refractivity contribution in [2.45, 2.75) is 6.92 Å². The van der Waals surface area contributed by atoms with Gasteiger partial charge in [0.2, 0.25) is 5.88 Å². The molecule has 0 saturated carbocycles. The zero-order valence-corrected chi connectivity index (χ0v) is 14.4. The highest BCUT2D eigenvalue weighted by Gasteiger charge is 2.11. The number of aromatic amines is 1. The summed E-state index contributed by atoms with van der Waals surface area (Å²) in [6.45, 7) is 2.02. The molecule has 0 spiro atoms. The van der Waals surface area contributed by atoms with Gasteiger partial charge in [-0.05, 0) is 42.8 Å². The van der Waals surface area contributed by atoms with Crippen LogP contribution in [0.5, 0.6) is 5.88 Å². The highest BCUT2D eigenvalue weighted by Crippen LogP contribution is 2.37. The molecule has 4 rings (SSSR count). The summed E-state index contributed by atoms with van der Waals surface area (Å²) in [7, 11) is 0. The van der Waals surface area contributed by atoms with Crippen molar-refractivity contribution in [1.82, 2.24) is 9.97 Å². The van der Waals surface area contributed by atoms with Crippen molar-refractivity contribution in [2.24, 2.45) is 10.2 Å². The maximum atomic E-state index is 10.1. The third-order valence-electron chi connectivity index (χ3n) is 3.88. The van der Waals surface area contributed by atoms with Crippen molar-refractivity contribution in [3.8, 4) is 5.88 Å². The Morgan fingerprint density at radius 1 is 1.04 bits per heavy atom. The van der Waals surface area contributed by atoms with E-state index in [1.54, 1.807) is 0 Å². The van der Waals surface area contributed by atoms with E-state index in [1.807, 2.05) is 55.5 Å². The first-order valence-corrected chi connectivity index (χ1v) is 8.19. The number of aryl methyl sites for hydroxylation is 1. The lowest BCUT2D eigenvalue weighted by atomic mass is 10.1. The van der Waals surface area contributed by atoms with Gasteiger partial charge in [-0.15, -0.1) is 10.2 Å². The topological polar surface area (TPSA) is 73.6 Å². The number of nitrogens with one attached hydrogen (secondary N) is 1. The predicted molar refractivity (Wildman–Crippen MR) is 98.3 cm³/mol. The molecule has 0 fully saturated rings. The van der Waals surface area contributed by atoms with Crippen LogP contribution in [0.1, 0.15) is 5.56 Å². The van der Waals surface area contributed by atoms with Gasteiger partial charge in [0.25, 0.3) is 0 Å². The molecule has 2 heterocycles. The van der Waals surface area contributed by atoms with Gasteiger partial charge < -0.3 is 10.1 Å². The van der Waals surface area contributed by atoms with Crippen LogP contribution in [0.4, 0.5) is 11.5 Å². The molecule has 118 valence electrons. The quantitative estimate of drug-likeness (QED) is 0.424. The summed E-state index contributed by atoms with van der Waals surface area (Å²) in [6.07, 6.45) is 0. The molecule has 6 heteroatoms. The van der Waals surface area contributed by atoms with Gasteiger partial charge in [0, 0.05) is 15.2 Å². The molecular formula is C18H13BrN4O. The average Bonchev–Trinajstić information content (AvgIpc) is 2.88. The molecule has 0 aliphatic carbocycles. The van der Waals surface area contributed by atoms with Crippen LogP contribution in [-0.2, 0) is 0 Å². The summed E-state index contributed by atoms with van der Waals surface area (Å²) in [4.78, 5) is 7.39. The van der Waals surface area contributed by atoms with Gasteiger partial charge in [-0.1, -0.05) is 34.1 Å². The van der Waals surface area contributed by atoms with Crippen LogP contribution in [0.3, 0.4) is 0 Å². The van der Waals surface area contributed by atoms with Crippen LogP contribution in [0.2, 0.25) is 0 Å². The van der Waals surface area contributed by atoms with Crippen LogP contribution < -0.4 is 0 Å². The lowest BCUT2D eigenvalue weighted by Crippen LogP contribution is -1.82. The highest BCUT2D eigenvalue weighted by atomic mass is 79.9. The second-order valence-corrected chi connectivity index (χ2v) is 6.44. The number of halogens is 1. The maximum absolute atomic E-state index is 10.1. The molecule has 0 bridgehead atoms. The van der Waals surface area contributed by atoms with E-state index in [-0.39, 0.29) is 5.88 Å². The lowest BCUT2D eigenvalue weighted by Gasteiger charge is -2.02. The molecule has 2 N–H and O–H groups in total. The first-order chi connectivity index (χ1) is 11.6. The van der Waals surface area contributed by atoms with Crippen LogP contribution in [0.25, 0.3) is 21.8 Å². The van der Waals surface area contributed by atoms with Gasteiger partial charge in [0.05, 0.1) is 11.0 Å². The standard InChI is InChI=1S/C18H13BrN4O/c1-10-8-16(20-14-5-3-2-4-12(10)14)22-23-17-13-9-11(19)6-7-15(13)21-18(17)24/h2-9,21,24H,1H3. The second-order valence-electron chi connectivity index (χ2n) is 5.53. The molecule has 0 unspecified atom stereocenters. The Kier molecular flexibility index (Phi) is 3.54. The molecule has 5 nitrogen and oxygen atoms in total. The predicted octanol–water partition coefficient (Wildman–Crippen LogP) is 5.91. The number of hydrogen-bond acceptors (Lipinski definition) is 4. The molecule has 2 aromatic heterocycles. The molecular weight excluding hydrogens is 368 g/mol. The van der Waals surface area contributed by atoms with Crippen LogP contribution in [-0.4, -0.2) is 15.1 Å². The Hall–Kier alpha value is -2.73. The minimum absolute atomic E-state index is 0.00985. The fraction of sp³-hybridized carbons (Fsp3) is 0.0556. The highest BCUT2D eigenvalue weighted by molar-refractivity contribution is 9.10. The molecule has 0 atom stereocenters.